The van der Waals surface area contributed by atoms with Crippen molar-refractivity contribution in [2.24, 2.45) is 17.3 Å². The highest BCUT2D eigenvalue weighted by atomic mass is 16.7. The SMILES string of the molecule is CC(=O)Oc1ccc2c(c1)CC[C@@H]1[C@@H]2CC[C@@]2(C)[C@H]1CC(O)C2(O)OC(C)=O. The maximum atomic E-state index is 11.6. The zero-order valence-electron chi connectivity index (χ0n) is 16.6. The average molecular weight is 388 g/mol. The van der Waals surface area contributed by atoms with Gasteiger partial charge in [-0.25, -0.2) is 0 Å². The van der Waals surface area contributed by atoms with Crippen molar-refractivity contribution in [2.45, 2.75) is 70.7 Å². The molecule has 6 heteroatoms. The van der Waals surface area contributed by atoms with Crippen LogP contribution in [0, 0.1) is 17.3 Å². The summed E-state index contributed by atoms with van der Waals surface area (Å²) in [6.07, 6.45) is 2.68. The second kappa shape index (κ2) is 6.56. The molecule has 2 N–H and O–H groups in total. The van der Waals surface area contributed by atoms with Crippen LogP contribution in [-0.2, 0) is 20.7 Å². The molecule has 2 unspecified atom stereocenters. The average Bonchev–Trinajstić information content (AvgIpc) is 2.80. The quantitative estimate of drug-likeness (QED) is 0.460. The number of carbonyl (C=O) groups is 2. The lowest BCUT2D eigenvalue weighted by Crippen LogP contribution is -2.56. The summed E-state index contributed by atoms with van der Waals surface area (Å²) in [6.45, 7) is 4.62. The van der Waals surface area contributed by atoms with Gasteiger partial charge >= 0.3 is 11.9 Å². The zero-order valence-corrected chi connectivity index (χ0v) is 16.6. The molecule has 0 saturated heterocycles. The van der Waals surface area contributed by atoms with Crippen LogP contribution in [0.1, 0.15) is 63.5 Å². The Balaban J connectivity index is 1.64. The number of hydrogen-bond donors (Lipinski definition) is 2. The number of aliphatic hydroxyl groups is 2. The maximum absolute atomic E-state index is 11.6. The van der Waals surface area contributed by atoms with Crippen molar-refractivity contribution in [3.63, 3.8) is 0 Å². The van der Waals surface area contributed by atoms with Crippen LogP contribution in [0.3, 0.4) is 0 Å². The summed E-state index contributed by atoms with van der Waals surface area (Å²) in [6, 6.07) is 5.85. The molecule has 3 aliphatic carbocycles. The van der Waals surface area contributed by atoms with Crippen LogP contribution in [0.25, 0.3) is 0 Å². The summed E-state index contributed by atoms with van der Waals surface area (Å²) in [5.74, 6) is -1.43. The molecule has 2 fully saturated rings. The Morgan fingerprint density at radius 3 is 2.61 bits per heavy atom. The Morgan fingerprint density at radius 2 is 1.93 bits per heavy atom. The van der Waals surface area contributed by atoms with Gasteiger partial charge in [-0.1, -0.05) is 13.0 Å². The molecule has 4 rings (SSSR count). The van der Waals surface area contributed by atoms with Crippen LogP contribution in [0.5, 0.6) is 5.75 Å². The second-order valence-corrected chi connectivity index (χ2v) is 8.87. The van der Waals surface area contributed by atoms with Gasteiger partial charge in [0, 0.05) is 19.3 Å². The van der Waals surface area contributed by atoms with E-state index in [1.807, 2.05) is 19.1 Å². The highest BCUT2D eigenvalue weighted by molar-refractivity contribution is 5.69. The molecule has 2 saturated carbocycles. The fourth-order valence-electron chi connectivity index (χ4n) is 6.17. The highest BCUT2D eigenvalue weighted by Crippen LogP contribution is 2.64. The fourth-order valence-corrected chi connectivity index (χ4v) is 6.17. The molecule has 0 radical (unpaired) electrons. The van der Waals surface area contributed by atoms with E-state index in [1.165, 1.54) is 25.0 Å². The van der Waals surface area contributed by atoms with E-state index >= 15 is 0 Å². The van der Waals surface area contributed by atoms with Gasteiger partial charge in [-0.15, -0.1) is 0 Å². The first-order valence-electron chi connectivity index (χ1n) is 10.1. The highest BCUT2D eigenvalue weighted by Gasteiger charge is 2.68. The molecule has 6 atom stereocenters. The first kappa shape index (κ1) is 19.4. The Kier molecular flexibility index (Phi) is 4.55. The standard InChI is InChI=1S/C22H28O6/c1-12(23)27-15-5-7-16-14(10-15)4-6-18-17(16)8-9-21(3)19(18)11-20(25)22(21,26)28-13(2)24/h5,7,10,17-20,25-26H,4,6,8-9,11H2,1-3H3/t17-,18-,19+,20?,21+,22?/m1/s1. The lowest BCUT2D eigenvalue weighted by molar-refractivity contribution is -0.286. The number of carbonyl (C=O) groups excluding carboxylic acids is 2. The summed E-state index contributed by atoms with van der Waals surface area (Å²) in [7, 11) is 0. The smallest absolute Gasteiger partial charge is 0.308 e. The van der Waals surface area contributed by atoms with Gasteiger partial charge in [-0.05, 0) is 73.1 Å². The van der Waals surface area contributed by atoms with Gasteiger partial charge in [-0.3, -0.25) is 9.59 Å². The molecule has 3 aliphatic rings. The van der Waals surface area contributed by atoms with Gasteiger partial charge in [0.05, 0.1) is 0 Å². The molecule has 0 aromatic heterocycles. The van der Waals surface area contributed by atoms with Crippen LogP contribution in [0.15, 0.2) is 18.2 Å². The summed E-state index contributed by atoms with van der Waals surface area (Å²) in [5, 5.41) is 21.8. The predicted molar refractivity (Wildman–Crippen MR) is 100 cm³/mol. The number of hydrogen-bond acceptors (Lipinski definition) is 6. The van der Waals surface area contributed by atoms with Gasteiger partial charge in [0.15, 0.2) is 0 Å². The summed E-state index contributed by atoms with van der Waals surface area (Å²) < 4.78 is 10.5. The van der Waals surface area contributed by atoms with Crippen LogP contribution in [0.2, 0.25) is 0 Å². The van der Waals surface area contributed by atoms with E-state index in [-0.39, 0.29) is 11.9 Å². The number of fused-ring (bicyclic) bond motifs is 5. The Labute approximate surface area is 164 Å². The van der Waals surface area contributed by atoms with Gasteiger partial charge in [-0.2, -0.15) is 0 Å². The Hall–Kier alpha value is -1.92. The summed E-state index contributed by atoms with van der Waals surface area (Å²) in [4.78, 5) is 22.8. The minimum atomic E-state index is -1.83. The van der Waals surface area contributed by atoms with Gasteiger partial charge in [0.25, 0.3) is 0 Å². The molecule has 0 aliphatic heterocycles. The number of ether oxygens (including phenoxy) is 2. The first-order valence-corrected chi connectivity index (χ1v) is 10.1. The van der Waals surface area contributed by atoms with E-state index in [4.69, 9.17) is 9.47 Å². The molecule has 6 nitrogen and oxygen atoms in total. The van der Waals surface area contributed by atoms with Crippen molar-refractivity contribution in [3.05, 3.63) is 29.3 Å². The summed E-state index contributed by atoms with van der Waals surface area (Å²) in [5.41, 5.74) is 1.82. The number of rotatable bonds is 2. The van der Waals surface area contributed by atoms with Crippen molar-refractivity contribution in [3.8, 4) is 5.75 Å². The molecule has 0 bridgehead atoms. The molecular weight excluding hydrogens is 360 g/mol. The fraction of sp³-hybridized carbons (Fsp3) is 0.636. The first-order chi connectivity index (χ1) is 13.2. The van der Waals surface area contributed by atoms with Crippen molar-refractivity contribution in [1.82, 2.24) is 0 Å². The number of aliphatic hydroxyl groups excluding tert-OH is 1. The van der Waals surface area contributed by atoms with Crippen molar-refractivity contribution < 1.29 is 29.3 Å². The maximum Gasteiger partial charge on any atom is 0.308 e. The van der Waals surface area contributed by atoms with E-state index in [0.717, 1.165) is 19.3 Å². The Morgan fingerprint density at radius 1 is 1.18 bits per heavy atom. The number of benzene rings is 1. The third kappa shape index (κ3) is 2.77. The minimum absolute atomic E-state index is 0.0758. The second-order valence-electron chi connectivity index (χ2n) is 8.87. The summed E-state index contributed by atoms with van der Waals surface area (Å²) >= 11 is 0. The van der Waals surface area contributed by atoms with Gasteiger partial charge in [0.1, 0.15) is 11.9 Å². The number of esters is 2. The van der Waals surface area contributed by atoms with Crippen molar-refractivity contribution in [2.75, 3.05) is 0 Å². The third-order valence-electron chi connectivity index (χ3n) is 7.40. The molecule has 0 amide bonds. The normalized spacial score (nSPS) is 38.8. The predicted octanol–water partition coefficient (Wildman–Crippen LogP) is 2.69. The molecule has 0 heterocycles. The van der Waals surface area contributed by atoms with Crippen LogP contribution >= 0.6 is 0 Å². The number of aryl methyl sites for hydroxylation is 1. The lowest BCUT2D eigenvalue weighted by atomic mass is 9.55. The molecule has 1 aromatic rings. The zero-order chi connectivity index (χ0) is 20.3. The van der Waals surface area contributed by atoms with Crippen molar-refractivity contribution >= 4 is 11.9 Å². The molecular formula is C22H28O6. The molecule has 0 spiro atoms. The largest absolute Gasteiger partial charge is 0.430 e. The molecule has 28 heavy (non-hydrogen) atoms. The van der Waals surface area contributed by atoms with Gasteiger partial charge < -0.3 is 19.7 Å². The van der Waals surface area contributed by atoms with Crippen LogP contribution in [-0.4, -0.2) is 34.0 Å². The van der Waals surface area contributed by atoms with Crippen LogP contribution < -0.4 is 4.74 Å². The lowest BCUT2D eigenvalue weighted by Gasteiger charge is -2.52. The monoisotopic (exact) mass is 388 g/mol. The van der Waals surface area contributed by atoms with E-state index < -0.39 is 23.3 Å². The topological polar surface area (TPSA) is 93.1 Å². The van der Waals surface area contributed by atoms with E-state index in [1.54, 1.807) is 0 Å². The van der Waals surface area contributed by atoms with E-state index in [0.29, 0.717) is 30.4 Å². The van der Waals surface area contributed by atoms with Gasteiger partial charge in [0.2, 0.25) is 5.79 Å². The third-order valence-corrected chi connectivity index (χ3v) is 7.40. The Bertz CT molecular complexity index is 819. The molecule has 152 valence electrons. The van der Waals surface area contributed by atoms with Crippen LogP contribution in [0.4, 0.5) is 0 Å². The minimum Gasteiger partial charge on any atom is -0.430 e. The van der Waals surface area contributed by atoms with E-state index in [9.17, 15) is 19.8 Å². The molecule has 1 aromatic carbocycles. The van der Waals surface area contributed by atoms with E-state index in [2.05, 4.69) is 6.07 Å². The van der Waals surface area contributed by atoms with Crippen molar-refractivity contribution in [1.29, 1.82) is 0 Å².